The Kier molecular flexibility index (Phi) is 6.99. The number of amides is 1. The molecule has 1 N–H and O–H groups in total. The van der Waals surface area contributed by atoms with Gasteiger partial charge in [0.05, 0.1) is 15.1 Å². The Morgan fingerprint density at radius 3 is 2.36 bits per heavy atom. The van der Waals surface area contributed by atoms with Gasteiger partial charge >= 0.3 is 0 Å². The molecular formula is C23H29N5O3S2. The second-order valence-electron chi connectivity index (χ2n) is 8.04. The topological polar surface area (TPSA) is 85.8 Å². The number of carbonyl (C=O) groups is 1. The highest BCUT2D eigenvalue weighted by Crippen LogP contribution is 2.31. The third kappa shape index (κ3) is 5.03. The minimum atomic E-state index is -3.55. The molecule has 0 radical (unpaired) electrons. The molecule has 1 fully saturated rings. The van der Waals surface area contributed by atoms with Crippen LogP contribution in [0.15, 0.2) is 47.4 Å². The molecule has 3 aromatic rings. The Hall–Kier alpha value is -2.53. The maximum Gasteiger partial charge on any atom is 0.255 e. The minimum absolute atomic E-state index is 0.185. The molecule has 1 aliphatic rings. The van der Waals surface area contributed by atoms with Crippen LogP contribution >= 0.6 is 11.3 Å². The number of nitrogens with zero attached hydrogens (tertiary/aromatic N) is 4. The van der Waals surface area contributed by atoms with Gasteiger partial charge in [0, 0.05) is 50.5 Å². The largest absolute Gasteiger partial charge is 0.345 e. The van der Waals surface area contributed by atoms with Crippen LogP contribution in [0.1, 0.15) is 24.2 Å². The minimum Gasteiger partial charge on any atom is -0.345 e. The van der Waals surface area contributed by atoms with E-state index in [1.807, 2.05) is 18.2 Å². The van der Waals surface area contributed by atoms with Crippen molar-refractivity contribution in [2.24, 2.45) is 0 Å². The van der Waals surface area contributed by atoms with Crippen LogP contribution in [0.4, 0.5) is 10.8 Å². The summed E-state index contributed by atoms with van der Waals surface area (Å²) in [6, 6.07) is 11.7. The number of aromatic nitrogens is 1. The molecule has 0 aliphatic carbocycles. The molecule has 0 atom stereocenters. The highest BCUT2D eigenvalue weighted by atomic mass is 32.2. The van der Waals surface area contributed by atoms with Crippen LogP contribution in [-0.2, 0) is 10.0 Å². The molecular weight excluding hydrogens is 458 g/mol. The van der Waals surface area contributed by atoms with Gasteiger partial charge in [0.25, 0.3) is 5.91 Å². The van der Waals surface area contributed by atoms with Crippen molar-refractivity contribution in [1.29, 1.82) is 0 Å². The smallest absolute Gasteiger partial charge is 0.255 e. The van der Waals surface area contributed by atoms with E-state index in [4.69, 9.17) is 4.98 Å². The Bertz CT molecular complexity index is 1230. The van der Waals surface area contributed by atoms with Crippen molar-refractivity contribution >= 4 is 48.3 Å². The number of nitrogens with one attached hydrogen (secondary N) is 1. The average Bonchev–Trinajstić information content (AvgIpc) is 3.23. The zero-order valence-electron chi connectivity index (χ0n) is 19.1. The lowest BCUT2D eigenvalue weighted by Gasteiger charge is -2.31. The van der Waals surface area contributed by atoms with Gasteiger partial charge in [0.15, 0.2) is 5.13 Å². The molecule has 33 heavy (non-hydrogen) atoms. The lowest BCUT2D eigenvalue weighted by molar-refractivity contribution is 0.102. The second-order valence-corrected chi connectivity index (χ2v) is 11.0. The number of rotatable bonds is 7. The molecule has 1 aromatic heterocycles. The number of fused-ring (bicyclic) bond motifs is 1. The third-order valence-electron chi connectivity index (χ3n) is 5.87. The van der Waals surface area contributed by atoms with Gasteiger partial charge in [-0.15, -0.1) is 0 Å². The normalized spacial score (nSPS) is 15.3. The molecule has 10 heteroatoms. The molecule has 0 spiro atoms. The molecule has 4 rings (SSSR count). The highest BCUT2D eigenvalue weighted by Gasteiger charge is 2.22. The van der Waals surface area contributed by atoms with E-state index in [-0.39, 0.29) is 10.8 Å². The summed E-state index contributed by atoms with van der Waals surface area (Å²) in [6.07, 6.45) is 0. The van der Waals surface area contributed by atoms with E-state index in [0.29, 0.717) is 24.3 Å². The van der Waals surface area contributed by atoms with Crippen LogP contribution in [0, 0.1) is 0 Å². The van der Waals surface area contributed by atoms with E-state index in [0.717, 1.165) is 41.5 Å². The predicted molar refractivity (Wildman–Crippen MR) is 134 cm³/mol. The summed E-state index contributed by atoms with van der Waals surface area (Å²) in [7, 11) is -1.42. The van der Waals surface area contributed by atoms with E-state index in [1.54, 1.807) is 37.3 Å². The third-order valence-corrected chi connectivity index (χ3v) is 9.01. The zero-order chi connectivity index (χ0) is 23.6. The molecule has 8 nitrogen and oxygen atoms in total. The molecule has 1 amide bonds. The first-order valence-electron chi connectivity index (χ1n) is 11.1. The summed E-state index contributed by atoms with van der Waals surface area (Å²) in [5.41, 5.74) is 2.00. The number of benzene rings is 2. The van der Waals surface area contributed by atoms with Gasteiger partial charge in [-0.3, -0.25) is 4.79 Å². The molecule has 2 aromatic carbocycles. The summed E-state index contributed by atoms with van der Waals surface area (Å²) in [6.45, 7) is 8.36. The molecule has 1 aliphatic heterocycles. The fourth-order valence-electron chi connectivity index (χ4n) is 3.82. The van der Waals surface area contributed by atoms with Gasteiger partial charge in [-0.05, 0) is 49.5 Å². The van der Waals surface area contributed by atoms with Crippen LogP contribution in [0.3, 0.4) is 0 Å². The molecule has 176 valence electrons. The molecule has 0 unspecified atom stereocenters. The Morgan fingerprint density at radius 2 is 1.73 bits per heavy atom. The standard InChI is InChI=1S/C23H29N5O3S2/c1-4-28(5-2)33(30,31)19-9-6-17(7-10-19)22(29)24-18-8-11-20-21(16-18)32-23(25-20)27-14-12-26(3)13-15-27/h6-11,16H,4-5,12-15H2,1-3H3,(H,24,29). The summed E-state index contributed by atoms with van der Waals surface area (Å²) in [4.78, 5) is 22.3. The average molecular weight is 488 g/mol. The second kappa shape index (κ2) is 9.76. The van der Waals surface area contributed by atoms with Gasteiger partial charge in [-0.25, -0.2) is 13.4 Å². The van der Waals surface area contributed by atoms with Crippen molar-refractivity contribution in [3.8, 4) is 0 Å². The van der Waals surface area contributed by atoms with Crippen molar-refractivity contribution in [3.05, 3.63) is 48.0 Å². The van der Waals surface area contributed by atoms with Crippen molar-refractivity contribution in [1.82, 2.24) is 14.2 Å². The number of hydrogen-bond donors (Lipinski definition) is 1. The molecule has 2 heterocycles. The van der Waals surface area contributed by atoms with E-state index in [9.17, 15) is 13.2 Å². The first-order valence-corrected chi connectivity index (χ1v) is 13.3. The molecule has 1 saturated heterocycles. The van der Waals surface area contributed by atoms with Gasteiger partial charge < -0.3 is 15.1 Å². The Balaban J connectivity index is 1.47. The Morgan fingerprint density at radius 1 is 1.06 bits per heavy atom. The zero-order valence-corrected chi connectivity index (χ0v) is 20.7. The fourth-order valence-corrected chi connectivity index (χ4v) is 6.33. The maximum atomic E-state index is 12.7. The predicted octanol–water partition coefficient (Wildman–Crippen LogP) is 3.33. The highest BCUT2D eigenvalue weighted by molar-refractivity contribution is 7.89. The number of thiazole rings is 1. The van der Waals surface area contributed by atoms with Crippen LogP contribution in [-0.4, -0.2) is 74.8 Å². The van der Waals surface area contributed by atoms with Crippen LogP contribution in [0.5, 0.6) is 0 Å². The quantitative estimate of drug-likeness (QED) is 0.550. The van der Waals surface area contributed by atoms with Crippen LogP contribution in [0.2, 0.25) is 0 Å². The van der Waals surface area contributed by atoms with Gasteiger partial charge in [-0.1, -0.05) is 25.2 Å². The number of piperazine rings is 1. The van der Waals surface area contributed by atoms with E-state index in [1.165, 1.54) is 16.4 Å². The maximum absolute atomic E-state index is 12.7. The van der Waals surface area contributed by atoms with Gasteiger partial charge in [0.2, 0.25) is 10.0 Å². The number of hydrogen-bond acceptors (Lipinski definition) is 7. The summed E-state index contributed by atoms with van der Waals surface area (Å²) < 4.78 is 27.7. The lowest BCUT2D eigenvalue weighted by atomic mass is 10.2. The van der Waals surface area contributed by atoms with Gasteiger partial charge in [-0.2, -0.15) is 4.31 Å². The van der Waals surface area contributed by atoms with Crippen molar-refractivity contribution in [2.45, 2.75) is 18.7 Å². The summed E-state index contributed by atoms with van der Waals surface area (Å²) in [5.74, 6) is -0.287. The van der Waals surface area contributed by atoms with E-state index < -0.39 is 10.0 Å². The first-order chi connectivity index (χ1) is 15.8. The van der Waals surface area contributed by atoms with Crippen LogP contribution in [0.25, 0.3) is 10.2 Å². The van der Waals surface area contributed by atoms with Crippen molar-refractivity contribution < 1.29 is 13.2 Å². The summed E-state index contributed by atoms with van der Waals surface area (Å²) in [5, 5.41) is 3.91. The number of carbonyl (C=O) groups excluding carboxylic acids is 1. The first kappa shape index (κ1) is 23.6. The van der Waals surface area contributed by atoms with Crippen LogP contribution < -0.4 is 10.2 Å². The fraction of sp³-hybridized carbons (Fsp3) is 0.391. The van der Waals surface area contributed by atoms with E-state index >= 15 is 0 Å². The monoisotopic (exact) mass is 487 g/mol. The SMILES string of the molecule is CCN(CC)S(=O)(=O)c1ccc(C(=O)Nc2ccc3nc(N4CCN(C)CC4)sc3c2)cc1. The van der Waals surface area contributed by atoms with E-state index in [2.05, 4.69) is 22.2 Å². The van der Waals surface area contributed by atoms with Crippen molar-refractivity contribution in [2.75, 3.05) is 56.5 Å². The molecule has 0 saturated carbocycles. The summed E-state index contributed by atoms with van der Waals surface area (Å²) >= 11 is 1.63. The number of anilines is 2. The Labute approximate surface area is 198 Å². The lowest BCUT2D eigenvalue weighted by Crippen LogP contribution is -2.44. The molecule has 0 bridgehead atoms. The number of likely N-dealkylation sites (N-methyl/N-ethyl adjacent to an activating group) is 1. The van der Waals surface area contributed by atoms with Crippen molar-refractivity contribution in [3.63, 3.8) is 0 Å². The number of sulfonamides is 1. The van der Waals surface area contributed by atoms with Gasteiger partial charge in [0.1, 0.15) is 0 Å².